The summed E-state index contributed by atoms with van der Waals surface area (Å²) >= 11 is 0. The lowest BCUT2D eigenvalue weighted by Crippen LogP contribution is -2.05. The van der Waals surface area contributed by atoms with E-state index in [2.05, 4.69) is 24.3 Å². The second kappa shape index (κ2) is 13.0. The van der Waals surface area contributed by atoms with Gasteiger partial charge in [-0.15, -0.1) is 0 Å². The average Bonchev–Trinajstić information content (AvgIpc) is 2.45. The predicted molar refractivity (Wildman–Crippen MR) is 84.6 cm³/mol. The number of hydrogen-bond acceptors (Lipinski definition) is 2. The Labute approximate surface area is 124 Å². The van der Waals surface area contributed by atoms with E-state index in [9.17, 15) is 4.79 Å². The van der Waals surface area contributed by atoms with Gasteiger partial charge in [-0.3, -0.25) is 4.79 Å². The van der Waals surface area contributed by atoms with Crippen molar-refractivity contribution in [3.05, 3.63) is 24.3 Å². The summed E-state index contributed by atoms with van der Waals surface area (Å²) in [6.07, 6.45) is 22.4. The molecule has 0 aromatic rings. The second-order valence-electron chi connectivity index (χ2n) is 5.54. The minimum Gasteiger partial charge on any atom is -0.466 e. The monoisotopic (exact) mass is 278 g/mol. The third-order valence-corrected chi connectivity index (χ3v) is 3.61. The van der Waals surface area contributed by atoms with E-state index in [0.717, 1.165) is 32.1 Å². The van der Waals surface area contributed by atoms with E-state index in [4.69, 9.17) is 4.74 Å². The summed E-state index contributed by atoms with van der Waals surface area (Å²) < 4.78 is 5.24. The highest BCUT2D eigenvalue weighted by molar-refractivity contribution is 5.69. The quantitative estimate of drug-likeness (QED) is 0.442. The number of carbonyl (C=O) groups excluding carboxylic acids is 1. The first kappa shape index (κ1) is 17.0. The van der Waals surface area contributed by atoms with Crippen LogP contribution >= 0.6 is 0 Å². The fraction of sp³-hybridized carbons (Fsp3) is 0.722. The molecule has 0 radical (unpaired) electrons. The molecule has 1 aliphatic heterocycles. The van der Waals surface area contributed by atoms with Crippen LogP contribution in [0.3, 0.4) is 0 Å². The van der Waals surface area contributed by atoms with Crippen molar-refractivity contribution in [2.45, 2.75) is 77.0 Å². The highest BCUT2D eigenvalue weighted by Crippen LogP contribution is 2.08. The Kier molecular flexibility index (Phi) is 11.0. The minimum absolute atomic E-state index is 0.0126. The van der Waals surface area contributed by atoms with Crippen LogP contribution in [0.5, 0.6) is 0 Å². The lowest BCUT2D eigenvalue weighted by molar-refractivity contribution is -0.143. The van der Waals surface area contributed by atoms with Gasteiger partial charge in [0.1, 0.15) is 0 Å². The summed E-state index contributed by atoms with van der Waals surface area (Å²) in [6.45, 7) is 0.609. The summed E-state index contributed by atoms with van der Waals surface area (Å²) in [5.41, 5.74) is 0. The molecular weight excluding hydrogens is 248 g/mol. The van der Waals surface area contributed by atoms with Crippen LogP contribution in [-0.4, -0.2) is 12.6 Å². The molecule has 0 aromatic heterocycles. The van der Waals surface area contributed by atoms with Crippen LogP contribution in [-0.2, 0) is 9.53 Å². The van der Waals surface area contributed by atoms with Crippen LogP contribution in [0.15, 0.2) is 24.3 Å². The summed E-state index contributed by atoms with van der Waals surface area (Å²) in [7, 11) is 0. The zero-order chi connectivity index (χ0) is 14.3. The molecule has 0 unspecified atom stereocenters. The van der Waals surface area contributed by atoms with Gasteiger partial charge in [-0.25, -0.2) is 0 Å². The van der Waals surface area contributed by atoms with Crippen molar-refractivity contribution in [1.82, 2.24) is 0 Å². The molecular formula is C18H30O2. The van der Waals surface area contributed by atoms with Crippen LogP contribution in [0.2, 0.25) is 0 Å². The van der Waals surface area contributed by atoms with Crippen LogP contribution in [0, 0.1) is 0 Å². The van der Waals surface area contributed by atoms with Gasteiger partial charge in [-0.1, -0.05) is 43.6 Å². The van der Waals surface area contributed by atoms with Crippen molar-refractivity contribution in [3.8, 4) is 0 Å². The molecule has 0 aromatic carbocycles. The maximum Gasteiger partial charge on any atom is 0.305 e. The second-order valence-corrected chi connectivity index (χ2v) is 5.54. The van der Waals surface area contributed by atoms with Crippen LogP contribution in [0.1, 0.15) is 77.0 Å². The highest BCUT2D eigenvalue weighted by atomic mass is 16.5. The topological polar surface area (TPSA) is 26.3 Å². The van der Waals surface area contributed by atoms with E-state index in [1.165, 1.54) is 38.5 Å². The Morgan fingerprint density at radius 3 is 1.90 bits per heavy atom. The third kappa shape index (κ3) is 10.8. The standard InChI is InChI=1S/C18H30O2/c19-18-16-14-12-10-8-6-4-2-1-3-5-7-9-11-13-15-17-20-18/h3-6H,1-2,7-17H2/b5-3-,6-4-. The Bertz CT molecular complexity index is 292. The molecule has 2 nitrogen and oxygen atoms in total. The molecule has 0 bridgehead atoms. The molecule has 1 rings (SSSR count). The van der Waals surface area contributed by atoms with Gasteiger partial charge in [-0.05, 0) is 51.4 Å². The number of rotatable bonds is 0. The van der Waals surface area contributed by atoms with Crippen molar-refractivity contribution in [3.63, 3.8) is 0 Å². The summed E-state index contributed by atoms with van der Waals surface area (Å²) in [4.78, 5) is 11.5. The lowest BCUT2D eigenvalue weighted by atomic mass is 10.1. The SMILES string of the molecule is O=C1CCCCC/C=C\CC/C=C\CCCCCCO1. The molecule has 0 saturated carbocycles. The Balaban J connectivity index is 2.21. The predicted octanol–water partition coefficient (Wildman–Crippen LogP) is 5.34. The zero-order valence-electron chi connectivity index (χ0n) is 12.8. The van der Waals surface area contributed by atoms with E-state index in [-0.39, 0.29) is 5.97 Å². The molecule has 2 heteroatoms. The Morgan fingerprint density at radius 1 is 0.650 bits per heavy atom. The molecule has 0 fully saturated rings. The summed E-state index contributed by atoms with van der Waals surface area (Å²) in [5, 5.41) is 0. The van der Waals surface area contributed by atoms with Crippen molar-refractivity contribution in [2.75, 3.05) is 6.61 Å². The molecule has 20 heavy (non-hydrogen) atoms. The van der Waals surface area contributed by atoms with Crippen molar-refractivity contribution in [2.24, 2.45) is 0 Å². The van der Waals surface area contributed by atoms with Gasteiger partial charge in [0.15, 0.2) is 0 Å². The number of carbonyl (C=O) groups is 1. The molecule has 0 saturated heterocycles. The Morgan fingerprint density at radius 2 is 1.20 bits per heavy atom. The van der Waals surface area contributed by atoms with Crippen molar-refractivity contribution >= 4 is 5.97 Å². The Hall–Kier alpha value is -1.05. The smallest absolute Gasteiger partial charge is 0.305 e. The van der Waals surface area contributed by atoms with E-state index in [0.29, 0.717) is 13.0 Å². The number of esters is 1. The van der Waals surface area contributed by atoms with E-state index in [1.54, 1.807) is 0 Å². The first-order valence-electron chi connectivity index (χ1n) is 8.35. The molecule has 114 valence electrons. The fourth-order valence-electron chi connectivity index (χ4n) is 2.35. The maximum absolute atomic E-state index is 11.5. The van der Waals surface area contributed by atoms with Crippen LogP contribution < -0.4 is 0 Å². The molecule has 1 aliphatic rings. The zero-order valence-corrected chi connectivity index (χ0v) is 12.8. The largest absolute Gasteiger partial charge is 0.466 e. The van der Waals surface area contributed by atoms with Gasteiger partial charge in [0, 0.05) is 6.42 Å². The molecule has 0 aliphatic carbocycles. The first-order chi connectivity index (χ1) is 9.89. The average molecular weight is 278 g/mol. The van der Waals surface area contributed by atoms with Gasteiger partial charge in [-0.2, -0.15) is 0 Å². The summed E-state index contributed by atoms with van der Waals surface area (Å²) in [6, 6.07) is 0. The van der Waals surface area contributed by atoms with Crippen molar-refractivity contribution in [1.29, 1.82) is 0 Å². The van der Waals surface area contributed by atoms with E-state index >= 15 is 0 Å². The third-order valence-electron chi connectivity index (χ3n) is 3.61. The van der Waals surface area contributed by atoms with Gasteiger partial charge < -0.3 is 4.74 Å². The van der Waals surface area contributed by atoms with Gasteiger partial charge >= 0.3 is 5.97 Å². The minimum atomic E-state index is -0.0126. The van der Waals surface area contributed by atoms with E-state index < -0.39 is 0 Å². The number of cyclic esters (lactones) is 1. The van der Waals surface area contributed by atoms with E-state index in [1.807, 2.05) is 0 Å². The lowest BCUT2D eigenvalue weighted by Gasteiger charge is -2.04. The van der Waals surface area contributed by atoms with Gasteiger partial charge in [0.05, 0.1) is 6.61 Å². The first-order valence-corrected chi connectivity index (χ1v) is 8.35. The number of allylic oxidation sites excluding steroid dienone is 4. The van der Waals surface area contributed by atoms with Gasteiger partial charge in [0.25, 0.3) is 0 Å². The normalized spacial score (nSPS) is 24.7. The fourth-order valence-corrected chi connectivity index (χ4v) is 2.35. The summed E-state index contributed by atoms with van der Waals surface area (Å²) in [5.74, 6) is -0.0126. The molecule has 1 heterocycles. The number of ether oxygens (including phenoxy) is 1. The number of hydrogen-bond donors (Lipinski definition) is 0. The molecule has 0 amide bonds. The molecule has 0 atom stereocenters. The maximum atomic E-state index is 11.5. The highest BCUT2D eigenvalue weighted by Gasteiger charge is 2.02. The van der Waals surface area contributed by atoms with Crippen molar-refractivity contribution < 1.29 is 9.53 Å². The molecule has 0 N–H and O–H groups in total. The van der Waals surface area contributed by atoms with Crippen LogP contribution in [0.25, 0.3) is 0 Å². The van der Waals surface area contributed by atoms with Crippen LogP contribution in [0.4, 0.5) is 0 Å². The van der Waals surface area contributed by atoms with Gasteiger partial charge in [0.2, 0.25) is 0 Å². The molecule has 0 spiro atoms.